The fourth-order valence-corrected chi connectivity index (χ4v) is 1.15. The van der Waals surface area contributed by atoms with Crippen LogP contribution >= 0.6 is 0 Å². The molecule has 14 heavy (non-hydrogen) atoms. The van der Waals surface area contributed by atoms with Crippen molar-refractivity contribution >= 4 is 0 Å². The number of rotatable bonds is 2. The fraction of sp³-hybridized carbons (Fsp3) is 0.222. The van der Waals surface area contributed by atoms with Gasteiger partial charge >= 0.3 is 0 Å². The van der Waals surface area contributed by atoms with Crippen LogP contribution in [0.15, 0.2) is 18.2 Å². The Bertz CT molecular complexity index is 438. The highest BCUT2D eigenvalue weighted by molar-refractivity contribution is 5.38. The van der Waals surface area contributed by atoms with Crippen LogP contribution in [0.25, 0.3) is 5.69 Å². The number of tetrazole rings is 1. The lowest BCUT2D eigenvalue weighted by Gasteiger charge is -2.03. The highest BCUT2D eigenvalue weighted by Gasteiger charge is 2.03. The summed E-state index contributed by atoms with van der Waals surface area (Å²) >= 11 is 0. The summed E-state index contributed by atoms with van der Waals surface area (Å²) in [6, 6.07) is 8.35. The van der Waals surface area contributed by atoms with Gasteiger partial charge in [0.25, 0.3) is 0 Å². The van der Waals surface area contributed by atoms with Gasteiger partial charge in [-0.15, -0.1) is 5.10 Å². The number of nitrogens with zero attached hydrogens (tertiary/aromatic N) is 4. The first-order valence-corrected chi connectivity index (χ1v) is 4.12. The minimum atomic E-state index is 0.728. The molecule has 1 aromatic carbocycles. The van der Waals surface area contributed by atoms with Crippen LogP contribution in [0.1, 0.15) is 5.82 Å². The van der Waals surface area contributed by atoms with Gasteiger partial charge in [0.15, 0.2) is 5.82 Å². The molecule has 5 nitrogen and oxygen atoms in total. The summed E-state index contributed by atoms with van der Waals surface area (Å²) in [5.74, 6) is 1.46. The van der Waals surface area contributed by atoms with Gasteiger partial charge in [0, 0.05) is 6.07 Å². The highest BCUT2D eigenvalue weighted by atomic mass is 16.5. The lowest BCUT2D eigenvalue weighted by molar-refractivity contribution is 0.414. The van der Waals surface area contributed by atoms with E-state index < -0.39 is 0 Å². The maximum Gasteiger partial charge on any atom is 0.153 e. The van der Waals surface area contributed by atoms with Crippen molar-refractivity contribution in [1.82, 2.24) is 20.2 Å². The third kappa shape index (κ3) is 1.44. The summed E-state index contributed by atoms with van der Waals surface area (Å²) in [5, 5.41) is 11.2. The van der Waals surface area contributed by atoms with Crippen LogP contribution in [0.3, 0.4) is 0 Å². The molecule has 0 fully saturated rings. The zero-order chi connectivity index (χ0) is 9.97. The molecule has 0 saturated heterocycles. The van der Waals surface area contributed by atoms with E-state index in [2.05, 4.69) is 21.6 Å². The summed E-state index contributed by atoms with van der Waals surface area (Å²) in [6.07, 6.45) is 0. The van der Waals surface area contributed by atoms with E-state index in [0.717, 1.165) is 17.3 Å². The van der Waals surface area contributed by atoms with Crippen LogP contribution in [0.2, 0.25) is 0 Å². The standard InChI is InChI=1S/C9H9N4O/c1-7-10-11-12-13(7)8-4-3-5-9(6-8)14-2/h4-6H,1-2H3. The number of aromatic nitrogens is 4. The maximum absolute atomic E-state index is 5.08. The fourth-order valence-electron chi connectivity index (χ4n) is 1.15. The monoisotopic (exact) mass is 189 g/mol. The van der Waals surface area contributed by atoms with E-state index >= 15 is 0 Å². The molecular weight excluding hydrogens is 180 g/mol. The van der Waals surface area contributed by atoms with Crippen molar-refractivity contribution in [3.05, 3.63) is 30.1 Å². The van der Waals surface area contributed by atoms with E-state index in [1.807, 2.05) is 13.0 Å². The summed E-state index contributed by atoms with van der Waals surface area (Å²) < 4.78 is 6.70. The van der Waals surface area contributed by atoms with Gasteiger partial charge in [-0.2, -0.15) is 4.68 Å². The lowest BCUT2D eigenvalue weighted by Crippen LogP contribution is -1.99. The Morgan fingerprint density at radius 3 is 2.93 bits per heavy atom. The number of aryl methyl sites for hydroxylation is 1. The van der Waals surface area contributed by atoms with Crippen LogP contribution in [-0.4, -0.2) is 27.3 Å². The molecule has 1 aromatic heterocycles. The van der Waals surface area contributed by atoms with Gasteiger partial charge in [0.05, 0.1) is 12.8 Å². The van der Waals surface area contributed by atoms with Gasteiger partial charge in [-0.05, 0) is 35.5 Å². The lowest BCUT2D eigenvalue weighted by atomic mass is 10.3. The van der Waals surface area contributed by atoms with Crippen molar-refractivity contribution in [1.29, 1.82) is 0 Å². The smallest absolute Gasteiger partial charge is 0.153 e. The average Bonchev–Trinajstić information content (AvgIpc) is 2.65. The molecule has 0 aliphatic carbocycles. The van der Waals surface area contributed by atoms with Crippen LogP contribution in [-0.2, 0) is 0 Å². The molecule has 0 spiro atoms. The van der Waals surface area contributed by atoms with E-state index in [0.29, 0.717) is 0 Å². The Labute approximate surface area is 81.3 Å². The van der Waals surface area contributed by atoms with E-state index in [-0.39, 0.29) is 0 Å². The number of ether oxygens (including phenoxy) is 1. The van der Waals surface area contributed by atoms with Crippen molar-refractivity contribution in [2.24, 2.45) is 0 Å². The van der Waals surface area contributed by atoms with Crippen LogP contribution < -0.4 is 4.74 Å². The molecule has 1 radical (unpaired) electrons. The Morgan fingerprint density at radius 1 is 1.43 bits per heavy atom. The van der Waals surface area contributed by atoms with Gasteiger partial charge in [0.2, 0.25) is 0 Å². The normalized spacial score (nSPS) is 10.1. The molecule has 0 amide bonds. The van der Waals surface area contributed by atoms with Crippen molar-refractivity contribution in [2.45, 2.75) is 6.92 Å². The molecule has 0 unspecified atom stereocenters. The Balaban J connectivity index is 2.47. The van der Waals surface area contributed by atoms with E-state index in [4.69, 9.17) is 4.74 Å². The maximum atomic E-state index is 5.08. The number of hydrogen-bond acceptors (Lipinski definition) is 4. The molecule has 0 bridgehead atoms. The Hall–Kier alpha value is -1.91. The average molecular weight is 189 g/mol. The third-order valence-electron chi connectivity index (χ3n) is 1.85. The Morgan fingerprint density at radius 2 is 2.29 bits per heavy atom. The molecule has 0 aliphatic rings. The van der Waals surface area contributed by atoms with E-state index in [1.54, 1.807) is 23.9 Å². The molecule has 2 rings (SSSR count). The predicted octanol–water partition coefficient (Wildman–Crippen LogP) is 0.780. The minimum absolute atomic E-state index is 0.728. The minimum Gasteiger partial charge on any atom is -0.497 e. The second-order valence-electron chi connectivity index (χ2n) is 2.77. The van der Waals surface area contributed by atoms with Crippen molar-refractivity contribution in [2.75, 3.05) is 7.11 Å². The van der Waals surface area contributed by atoms with Crippen molar-refractivity contribution in [3.63, 3.8) is 0 Å². The first-order chi connectivity index (χ1) is 6.81. The molecule has 0 atom stereocenters. The number of hydrogen-bond donors (Lipinski definition) is 0. The van der Waals surface area contributed by atoms with E-state index in [9.17, 15) is 0 Å². The molecule has 2 aromatic rings. The molecular formula is C9H9N4O. The van der Waals surface area contributed by atoms with Crippen LogP contribution in [0, 0.1) is 13.0 Å². The summed E-state index contributed by atoms with van der Waals surface area (Å²) in [7, 11) is 1.61. The van der Waals surface area contributed by atoms with Crippen LogP contribution in [0.4, 0.5) is 0 Å². The first-order valence-electron chi connectivity index (χ1n) is 4.12. The largest absolute Gasteiger partial charge is 0.497 e. The molecule has 0 saturated carbocycles. The zero-order valence-corrected chi connectivity index (χ0v) is 7.93. The summed E-state index contributed by atoms with van der Waals surface area (Å²) in [6.45, 7) is 1.83. The second-order valence-corrected chi connectivity index (χ2v) is 2.77. The van der Waals surface area contributed by atoms with Gasteiger partial charge in [-0.25, -0.2) is 0 Å². The highest BCUT2D eigenvalue weighted by Crippen LogP contribution is 2.15. The molecule has 5 heteroatoms. The summed E-state index contributed by atoms with van der Waals surface area (Å²) in [4.78, 5) is 0. The third-order valence-corrected chi connectivity index (χ3v) is 1.85. The first kappa shape index (κ1) is 8.68. The number of methoxy groups -OCH3 is 1. The summed E-state index contributed by atoms with van der Waals surface area (Å²) in [5.41, 5.74) is 0.840. The molecule has 0 N–H and O–H groups in total. The molecule has 0 aliphatic heterocycles. The Kier molecular flexibility index (Phi) is 2.14. The quantitative estimate of drug-likeness (QED) is 0.700. The predicted molar refractivity (Wildman–Crippen MR) is 49.3 cm³/mol. The zero-order valence-electron chi connectivity index (χ0n) is 7.93. The SMILES string of the molecule is COc1c[c]cc(-n2nnnc2C)c1. The van der Waals surface area contributed by atoms with Gasteiger partial charge < -0.3 is 4.74 Å². The van der Waals surface area contributed by atoms with Crippen molar-refractivity contribution in [3.8, 4) is 11.4 Å². The number of benzene rings is 1. The van der Waals surface area contributed by atoms with Crippen molar-refractivity contribution < 1.29 is 4.74 Å². The molecule has 71 valence electrons. The van der Waals surface area contributed by atoms with Gasteiger partial charge in [0.1, 0.15) is 5.75 Å². The van der Waals surface area contributed by atoms with Gasteiger partial charge in [-0.3, -0.25) is 0 Å². The topological polar surface area (TPSA) is 52.8 Å². The molecule has 1 heterocycles. The second kappa shape index (κ2) is 3.45. The van der Waals surface area contributed by atoms with Gasteiger partial charge in [-0.1, -0.05) is 0 Å². The van der Waals surface area contributed by atoms with Crippen LogP contribution in [0.5, 0.6) is 5.75 Å². The van der Waals surface area contributed by atoms with E-state index in [1.165, 1.54) is 0 Å².